The third-order valence-electron chi connectivity index (χ3n) is 2.76. The molecule has 1 unspecified atom stereocenters. The largest absolute Gasteiger partial charge is 0.364 e. The summed E-state index contributed by atoms with van der Waals surface area (Å²) in [5, 5.41) is 3.21. The monoisotopic (exact) mass is 348 g/mol. The Labute approximate surface area is 112 Å². The first-order chi connectivity index (χ1) is 8.08. The van der Waals surface area contributed by atoms with E-state index in [0.717, 1.165) is 6.42 Å². The highest BCUT2D eigenvalue weighted by Crippen LogP contribution is 2.16. The van der Waals surface area contributed by atoms with Crippen LogP contribution in [0.1, 0.15) is 12.8 Å². The van der Waals surface area contributed by atoms with E-state index in [1.165, 1.54) is 6.33 Å². The number of carbonyl (C=O) groups is 1. The van der Waals surface area contributed by atoms with Crippen LogP contribution in [0, 0.1) is 3.57 Å². The minimum atomic E-state index is -0.150. The molecule has 0 saturated carbocycles. The predicted molar refractivity (Wildman–Crippen MR) is 71.9 cm³/mol. The Morgan fingerprint density at radius 2 is 2.35 bits per heavy atom. The molecule has 7 heteroatoms. The van der Waals surface area contributed by atoms with Crippen molar-refractivity contribution in [3.8, 4) is 0 Å². The first-order valence-electron chi connectivity index (χ1n) is 5.31. The fourth-order valence-electron chi connectivity index (χ4n) is 1.81. The van der Waals surface area contributed by atoms with E-state index in [4.69, 9.17) is 0 Å². The normalized spacial score (nSPS) is 20.5. The third kappa shape index (κ3) is 2.76. The number of H-pyrrole nitrogens is 1. The van der Waals surface area contributed by atoms with E-state index < -0.39 is 0 Å². The summed E-state index contributed by atoms with van der Waals surface area (Å²) in [5.74, 6) is 0.749. The highest BCUT2D eigenvalue weighted by molar-refractivity contribution is 14.1. The van der Waals surface area contributed by atoms with Crippen LogP contribution in [0.25, 0.3) is 0 Å². The molecule has 1 aliphatic rings. The van der Waals surface area contributed by atoms with E-state index in [0.29, 0.717) is 22.4 Å². The molecule has 0 spiro atoms. The molecule has 1 amide bonds. The van der Waals surface area contributed by atoms with Crippen molar-refractivity contribution in [3.05, 3.63) is 20.3 Å². The lowest BCUT2D eigenvalue weighted by atomic mass is 10.1. The number of carbonyl (C=O) groups excluding carboxylic acids is 1. The van der Waals surface area contributed by atoms with Crippen LogP contribution in [-0.2, 0) is 4.79 Å². The maximum atomic E-state index is 11.4. The highest BCUT2D eigenvalue weighted by Gasteiger charge is 2.23. The molecule has 17 heavy (non-hydrogen) atoms. The topological polar surface area (TPSA) is 78.1 Å². The smallest absolute Gasteiger partial charge is 0.266 e. The third-order valence-corrected chi connectivity index (χ3v) is 3.76. The quantitative estimate of drug-likeness (QED) is 0.759. The molecule has 2 rings (SSSR count). The molecule has 1 atom stereocenters. The zero-order valence-electron chi connectivity index (χ0n) is 9.36. The molecule has 1 aromatic heterocycles. The lowest BCUT2D eigenvalue weighted by Gasteiger charge is -2.30. The predicted octanol–water partition coefficient (Wildman–Crippen LogP) is 0.407. The average Bonchev–Trinajstić information content (AvgIpc) is 2.30. The molecular weight excluding hydrogens is 335 g/mol. The Balaban J connectivity index is 2.09. The van der Waals surface area contributed by atoms with Crippen LogP contribution in [0.3, 0.4) is 0 Å². The Bertz CT molecular complexity index is 487. The molecule has 2 N–H and O–H groups in total. The molecule has 1 fully saturated rings. The van der Waals surface area contributed by atoms with Crippen molar-refractivity contribution in [2.45, 2.75) is 18.9 Å². The number of nitrogens with one attached hydrogen (secondary N) is 2. The summed E-state index contributed by atoms with van der Waals surface area (Å²) < 4.78 is 0.546. The van der Waals surface area contributed by atoms with Gasteiger partial charge in [0.1, 0.15) is 9.39 Å². The highest BCUT2D eigenvalue weighted by atomic mass is 127. The molecule has 6 nitrogen and oxygen atoms in total. The number of anilines is 1. The average molecular weight is 348 g/mol. The summed E-state index contributed by atoms with van der Waals surface area (Å²) in [7, 11) is 1.78. The van der Waals surface area contributed by atoms with Crippen molar-refractivity contribution in [2.24, 2.45) is 0 Å². The van der Waals surface area contributed by atoms with Gasteiger partial charge in [0.2, 0.25) is 5.91 Å². The van der Waals surface area contributed by atoms with Crippen LogP contribution in [0.2, 0.25) is 0 Å². The van der Waals surface area contributed by atoms with Crippen molar-refractivity contribution in [3.63, 3.8) is 0 Å². The van der Waals surface area contributed by atoms with E-state index in [-0.39, 0.29) is 17.5 Å². The molecule has 0 bridgehead atoms. The van der Waals surface area contributed by atoms with Gasteiger partial charge in [0.15, 0.2) is 0 Å². The molecule has 0 radical (unpaired) electrons. The lowest BCUT2D eigenvalue weighted by Crippen LogP contribution is -2.43. The van der Waals surface area contributed by atoms with E-state index in [9.17, 15) is 9.59 Å². The molecule has 92 valence electrons. The molecular formula is C10H13IN4O2. The maximum Gasteiger partial charge on any atom is 0.266 e. The number of nitrogens with zero attached hydrogens (tertiary/aromatic N) is 2. The molecule has 1 aliphatic heterocycles. The standard InChI is InChI=1S/C10H13IN4O2/c1-15-4-6(2-3-7(15)16)14-9-8(11)10(17)13-5-12-9/h5-6H,2-4H2,1H3,(H2,12,13,14,17). The Hall–Kier alpha value is -1.12. The van der Waals surface area contributed by atoms with Crippen LogP contribution in [0.5, 0.6) is 0 Å². The number of piperidine rings is 1. The van der Waals surface area contributed by atoms with Crippen LogP contribution >= 0.6 is 22.6 Å². The van der Waals surface area contributed by atoms with Gasteiger partial charge in [-0.15, -0.1) is 0 Å². The molecule has 1 aromatic rings. The molecule has 2 heterocycles. The minimum Gasteiger partial charge on any atom is -0.364 e. The van der Waals surface area contributed by atoms with Gasteiger partial charge in [-0.2, -0.15) is 0 Å². The van der Waals surface area contributed by atoms with Crippen LogP contribution in [0.4, 0.5) is 5.82 Å². The summed E-state index contributed by atoms with van der Waals surface area (Å²) in [4.78, 5) is 31.0. The van der Waals surface area contributed by atoms with Gasteiger partial charge in [-0.25, -0.2) is 4.98 Å². The second-order valence-corrected chi connectivity index (χ2v) is 5.13. The summed E-state index contributed by atoms with van der Waals surface area (Å²) in [6, 6.07) is 0.153. The van der Waals surface area contributed by atoms with E-state index in [1.807, 2.05) is 22.6 Å². The number of hydrogen-bond acceptors (Lipinski definition) is 4. The second kappa shape index (κ2) is 5.03. The van der Waals surface area contributed by atoms with Gasteiger partial charge in [-0.3, -0.25) is 9.59 Å². The first-order valence-corrected chi connectivity index (χ1v) is 6.39. The number of likely N-dealkylation sites (N-methyl/N-ethyl adjacent to an activating group) is 1. The summed E-state index contributed by atoms with van der Waals surface area (Å²) in [6.07, 6.45) is 2.69. The van der Waals surface area contributed by atoms with Crippen LogP contribution < -0.4 is 10.9 Å². The van der Waals surface area contributed by atoms with E-state index in [1.54, 1.807) is 11.9 Å². The van der Waals surface area contributed by atoms with Crippen molar-refractivity contribution in [1.29, 1.82) is 0 Å². The van der Waals surface area contributed by atoms with Crippen molar-refractivity contribution in [1.82, 2.24) is 14.9 Å². The summed E-state index contributed by atoms with van der Waals surface area (Å²) in [5.41, 5.74) is -0.150. The number of likely N-dealkylation sites (tertiary alicyclic amines) is 1. The zero-order chi connectivity index (χ0) is 12.4. The molecule has 0 aromatic carbocycles. The maximum absolute atomic E-state index is 11.4. The number of halogens is 1. The molecule has 0 aliphatic carbocycles. The van der Waals surface area contributed by atoms with Gasteiger partial charge in [-0.05, 0) is 29.0 Å². The lowest BCUT2D eigenvalue weighted by molar-refractivity contribution is -0.132. The summed E-state index contributed by atoms with van der Waals surface area (Å²) >= 11 is 1.96. The SMILES string of the molecule is CN1CC(Nc2nc[nH]c(=O)c2I)CCC1=O. The number of hydrogen-bond donors (Lipinski definition) is 2. The van der Waals surface area contributed by atoms with Gasteiger partial charge in [0, 0.05) is 26.1 Å². The van der Waals surface area contributed by atoms with Crippen molar-refractivity contribution < 1.29 is 4.79 Å². The second-order valence-electron chi connectivity index (χ2n) is 4.05. The number of amides is 1. The Morgan fingerprint density at radius 1 is 1.59 bits per heavy atom. The van der Waals surface area contributed by atoms with Crippen molar-refractivity contribution >= 4 is 34.3 Å². The van der Waals surface area contributed by atoms with Gasteiger partial charge < -0.3 is 15.2 Å². The Kier molecular flexibility index (Phi) is 3.65. The first kappa shape index (κ1) is 12.3. The fraction of sp³-hybridized carbons (Fsp3) is 0.500. The zero-order valence-corrected chi connectivity index (χ0v) is 11.5. The fourth-order valence-corrected chi connectivity index (χ4v) is 2.26. The van der Waals surface area contributed by atoms with Gasteiger partial charge in [-0.1, -0.05) is 0 Å². The van der Waals surface area contributed by atoms with Gasteiger partial charge >= 0.3 is 0 Å². The van der Waals surface area contributed by atoms with E-state index >= 15 is 0 Å². The van der Waals surface area contributed by atoms with Crippen LogP contribution in [-0.4, -0.2) is 40.4 Å². The van der Waals surface area contributed by atoms with Crippen molar-refractivity contribution in [2.75, 3.05) is 18.9 Å². The Morgan fingerprint density at radius 3 is 3.06 bits per heavy atom. The van der Waals surface area contributed by atoms with Gasteiger partial charge in [0.05, 0.1) is 6.33 Å². The number of aromatic nitrogens is 2. The number of aromatic amines is 1. The number of rotatable bonds is 2. The van der Waals surface area contributed by atoms with Crippen LogP contribution in [0.15, 0.2) is 11.1 Å². The molecule has 1 saturated heterocycles. The minimum absolute atomic E-state index is 0.150. The van der Waals surface area contributed by atoms with E-state index in [2.05, 4.69) is 15.3 Å². The van der Waals surface area contributed by atoms with Gasteiger partial charge in [0.25, 0.3) is 5.56 Å². The summed E-state index contributed by atoms with van der Waals surface area (Å²) in [6.45, 7) is 0.642.